The van der Waals surface area contributed by atoms with Crippen LogP contribution in [0.15, 0.2) is 23.6 Å². The number of allylic oxidation sites excluding steroid dienone is 1. The largest absolute Gasteiger partial charge is 0.297 e. The zero-order valence-electron chi connectivity index (χ0n) is 14.3. The van der Waals surface area contributed by atoms with Crippen molar-refractivity contribution in [2.75, 3.05) is 4.90 Å². The molecule has 0 spiro atoms. The van der Waals surface area contributed by atoms with Gasteiger partial charge in [-0.3, -0.25) is 4.90 Å². The Kier molecular flexibility index (Phi) is 4.31. The van der Waals surface area contributed by atoms with Gasteiger partial charge in [-0.25, -0.2) is 17.9 Å². The Labute approximate surface area is 148 Å². The molecule has 3 rings (SSSR count). The zero-order chi connectivity index (χ0) is 18.5. The summed E-state index contributed by atoms with van der Waals surface area (Å²) >= 11 is 6.55. The van der Waals surface area contributed by atoms with Gasteiger partial charge in [0.25, 0.3) is 0 Å². The third-order valence-corrected chi connectivity index (χ3v) is 4.94. The summed E-state index contributed by atoms with van der Waals surface area (Å²) in [7, 11) is 0. The number of hydrogen-bond acceptors (Lipinski definition) is 3. The molecule has 1 aliphatic heterocycles. The highest BCUT2D eigenvalue weighted by Crippen LogP contribution is 2.40. The lowest BCUT2D eigenvalue weighted by Crippen LogP contribution is -2.44. The van der Waals surface area contributed by atoms with Gasteiger partial charge in [-0.2, -0.15) is 10.1 Å². The van der Waals surface area contributed by atoms with E-state index >= 15 is 0 Å². The Hall–Kier alpha value is -2.02. The molecule has 0 fully saturated rings. The normalized spacial score (nSPS) is 16.2. The van der Waals surface area contributed by atoms with Crippen molar-refractivity contribution in [1.82, 2.24) is 14.8 Å². The lowest BCUT2D eigenvalue weighted by atomic mass is 9.86. The molecule has 0 saturated heterocycles. The first-order valence-electron chi connectivity index (χ1n) is 7.82. The topological polar surface area (TPSA) is 34.0 Å². The Balaban J connectivity index is 2.21. The molecule has 0 aliphatic carbocycles. The predicted octanol–water partition coefficient (Wildman–Crippen LogP) is 4.56. The summed E-state index contributed by atoms with van der Waals surface area (Å²) in [5.41, 5.74) is -0.344. The minimum Gasteiger partial charge on any atom is -0.297 e. The van der Waals surface area contributed by atoms with E-state index < -0.39 is 17.5 Å². The van der Waals surface area contributed by atoms with E-state index in [0.29, 0.717) is 18.1 Å². The molecule has 1 aromatic heterocycles. The molecule has 0 radical (unpaired) electrons. The molecular formula is C17H18ClF3N4. The van der Waals surface area contributed by atoms with E-state index in [-0.39, 0.29) is 34.3 Å². The summed E-state index contributed by atoms with van der Waals surface area (Å²) in [6.07, 6.45) is 1.36. The summed E-state index contributed by atoms with van der Waals surface area (Å²) in [5, 5.41) is 4.27. The highest BCUT2D eigenvalue weighted by molar-refractivity contribution is 6.34. The van der Waals surface area contributed by atoms with Gasteiger partial charge in [0.05, 0.1) is 12.1 Å². The van der Waals surface area contributed by atoms with Crippen LogP contribution >= 0.6 is 11.6 Å². The molecular weight excluding hydrogens is 353 g/mol. The van der Waals surface area contributed by atoms with E-state index in [4.69, 9.17) is 11.6 Å². The summed E-state index contributed by atoms with van der Waals surface area (Å²) in [6, 6.07) is 1.15. The van der Waals surface area contributed by atoms with Gasteiger partial charge in [-0.1, -0.05) is 32.4 Å². The van der Waals surface area contributed by atoms with E-state index in [9.17, 15) is 13.2 Å². The van der Waals surface area contributed by atoms with E-state index in [1.165, 1.54) is 11.0 Å². The Morgan fingerprint density at radius 3 is 2.32 bits per heavy atom. The van der Waals surface area contributed by atoms with Gasteiger partial charge in [-0.05, 0) is 12.3 Å². The van der Waals surface area contributed by atoms with Crippen molar-refractivity contribution < 1.29 is 13.2 Å². The van der Waals surface area contributed by atoms with Crippen LogP contribution in [0.3, 0.4) is 0 Å². The Bertz CT molecular complexity index is 831. The molecule has 1 aromatic carbocycles. The van der Waals surface area contributed by atoms with Crippen LogP contribution in [0.5, 0.6) is 0 Å². The van der Waals surface area contributed by atoms with Gasteiger partial charge in [0.1, 0.15) is 28.9 Å². The number of rotatable bonds is 2. The van der Waals surface area contributed by atoms with E-state index in [0.717, 1.165) is 0 Å². The first kappa shape index (κ1) is 17.8. The summed E-state index contributed by atoms with van der Waals surface area (Å²) in [4.78, 5) is 5.93. The van der Waals surface area contributed by atoms with E-state index in [2.05, 4.69) is 10.1 Å². The van der Waals surface area contributed by atoms with Crippen molar-refractivity contribution in [3.8, 4) is 0 Å². The molecule has 0 amide bonds. The second kappa shape index (κ2) is 6.05. The minimum atomic E-state index is -1.00. The van der Waals surface area contributed by atoms with Crippen LogP contribution in [-0.2, 0) is 6.54 Å². The van der Waals surface area contributed by atoms with E-state index in [1.807, 2.05) is 27.7 Å². The van der Waals surface area contributed by atoms with Crippen LogP contribution in [0.2, 0.25) is 0 Å². The number of benzene rings is 1. The van der Waals surface area contributed by atoms with Crippen molar-refractivity contribution in [3.63, 3.8) is 0 Å². The number of halogens is 4. The molecule has 134 valence electrons. The first-order chi connectivity index (χ1) is 11.6. The molecule has 2 heterocycles. The molecule has 0 N–H and O–H groups in total. The molecule has 8 heteroatoms. The molecule has 0 unspecified atom stereocenters. The molecule has 4 nitrogen and oxygen atoms in total. The zero-order valence-corrected chi connectivity index (χ0v) is 15.1. The molecule has 25 heavy (non-hydrogen) atoms. The summed E-state index contributed by atoms with van der Waals surface area (Å²) in [5.74, 6) is -2.48. The van der Waals surface area contributed by atoms with Crippen molar-refractivity contribution in [2.45, 2.75) is 40.3 Å². The number of nitrogens with zero attached hydrogens (tertiary/aromatic N) is 4. The van der Waals surface area contributed by atoms with Crippen molar-refractivity contribution in [2.24, 2.45) is 5.41 Å². The maximum atomic E-state index is 14.3. The van der Waals surface area contributed by atoms with Crippen LogP contribution in [0.1, 0.15) is 33.3 Å². The number of aromatic nitrogens is 3. The second-order valence-electron chi connectivity index (χ2n) is 7.14. The quantitative estimate of drug-likeness (QED) is 0.727. The van der Waals surface area contributed by atoms with Crippen molar-refractivity contribution >= 4 is 23.1 Å². The van der Waals surface area contributed by atoms with Crippen LogP contribution < -0.4 is 4.90 Å². The van der Waals surface area contributed by atoms with Crippen molar-refractivity contribution in [3.05, 3.63) is 46.6 Å². The first-order valence-corrected chi connectivity index (χ1v) is 8.19. The Morgan fingerprint density at radius 1 is 1.16 bits per heavy atom. The third-order valence-electron chi connectivity index (χ3n) is 4.53. The average molecular weight is 371 g/mol. The second-order valence-corrected chi connectivity index (χ2v) is 7.50. The fourth-order valence-electron chi connectivity index (χ4n) is 2.75. The number of anilines is 1. The van der Waals surface area contributed by atoms with Crippen LogP contribution in [-0.4, -0.2) is 20.8 Å². The third kappa shape index (κ3) is 3.01. The van der Waals surface area contributed by atoms with Crippen LogP contribution in [0, 0.1) is 22.9 Å². The smallest absolute Gasteiger partial charge is 0.229 e. The monoisotopic (exact) mass is 370 g/mol. The summed E-state index contributed by atoms with van der Waals surface area (Å²) in [6.45, 7) is 8.06. The van der Waals surface area contributed by atoms with Gasteiger partial charge in [0.2, 0.25) is 5.95 Å². The number of fused-ring (bicyclic) bond motifs is 1. The van der Waals surface area contributed by atoms with Gasteiger partial charge >= 0.3 is 0 Å². The Morgan fingerprint density at radius 2 is 1.76 bits per heavy atom. The number of hydrogen-bond donors (Lipinski definition) is 0. The lowest BCUT2D eigenvalue weighted by molar-refractivity contribution is 0.328. The highest BCUT2D eigenvalue weighted by atomic mass is 35.5. The average Bonchev–Trinajstić information content (AvgIpc) is 2.93. The van der Waals surface area contributed by atoms with Gasteiger partial charge < -0.3 is 0 Å². The molecule has 1 aliphatic rings. The highest BCUT2D eigenvalue weighted by Gasteiger charge is 2.36. The molecule has 0 saturated carbocycles. The molecule has 1 atom stereocenters. The van der Waals surface area contributed by atoms with Crippen LogP contribution in [0.4, 0.5) is 19.1 Å². The minimum absolute atomic E-state index is 0.0427. The van der Waals surface area contributed by atoms with Gasteiger partial charge in [0.15, 0.2) is 0 Å². The fourth-order valence-corrected chi connectivity index (χ4v) is 3.12. The van der Waals surface area contributed by atoms with E-state index in [1.54, 1.807) is 4.90 Å². The predicted molar refractivity (Wildman–Crippen MR) is 90.5 cm³/mol. The van der Waals surface area contributed by atoms with Crippen LogP contribution in [0.25, 0.3) is 5.57 Å². The SMILES string of the molecule is C[C@@H](N1C(Cl)=C(c2c(F)cc(F)cc2F)Cn2ncnc21)C(C)(C)C. The maximum Gasteiger partial charge on any atom is 0.229 e. The van der Waals surface area contributed by atoms with Gasteiger partial charge in [0, 0.05) is 23.7 Å². The van der Waals surface area contributed by atoms with Gasteiger partial charge in [-0.15, -0.1) is 0 Å². The van der Waals surface area contributed by atoms with Crippen molar-refractivity contribution in [1.29, 1.82) is 0 Å². The summed E-state index contributed by atoms with van der Waals surface area (Å²) < 4.78 is 43.4. The molecule has 0 bridgehead atoms. The molecule has 2 aromatic rings. The lowest BCUT2D eigenvalue weighted by Gasteiger charge is -2.40. The maximum absolute atomic E-state index is 14.3. The standard InChI is InChI=1S/C17H18ClF3N4/c1-9(17(2,3)4)25-15(18)11(7-24-16(25)22-8-23-24)14-12(20)5-10(19)6-13(14)21/h5-6,8-9H,7H2,1-4H3/t9-/m1/s1. The fraction of sp³-hybridized carbons (Fsp3) is 0.412.